The average Bonchev–Trinajstić information content (AvgIpc) is 2.42. The Bertz CT molecular complexity index is 596. The molecule has 0 amide bonds. The minimum Gasteiger partial charge on any atom is -0.109 e. The van der Waals surface area contributed by atoms with Crippen LogP contribution >= 0.6 is 151 Å². The maximum Gasteiger partial charge on any atom is 0.225 e. The molecule has 0 bridgehead atoms. The molecule has 0 fully saturated rings. The van der Waals surface area contributed by atoms with Crippen molar-refractivity contribution in [2.75, 3.05) is 0 Å². The summed E-state index contributed by atoms with van der Waals surface area (Å²) in [6, 6.07) is 8.41. The minimum absolute atomic E-state index is 0.0640. The molecule has 0 aliphatic carbocycles. The Balaban J connectivity index is 4.02. The van der Waals surface area contributed by atoms with Crippen molar-refractivity contribution in [2.45, 2.75) is 25.5 Å². The molecule has 1 rings (SSSR count). The smallest absolute Gasteiger partial charge is 0.109 e. The molecule has 0 nitrogen and oxygen atoms in total. The molecule has 13 heteroatoms. The van der Waals surface area contributed by atoms with Gasteiger partial charge in [0, 0.05) is 0 Å². The van der Waals surface area contributed by atoms with E-state index in [1.54, 1.807) is 0 Å². The van der Waals surface area contributed by atoms with Crippen LogP contribution in [0.4, 0.5) is 0 Å². The Morgan fingerprint density at radius 1 is 0.560 bits per heavy atom. The fraction of sp³-hybridized carbons (Fsp3) is 0.500. The largest absolute Gasteiger partial charge is 0.225 e. The van der Waals surface area contributed by atoms with E-state index in [0.29, 0.717) is 0 Å². The summed E-state index contributed by atoms with van der Waals surface area (Å²) < 4.78 is -10.2. The molecule has 0 spiro atoms. The van der Waals surface area contributed by atoms with Gasteiger partial charge in [0.15, 0.2) is 9.21 Å². The third-order valence-electron chi connectivity index (χ3n) is 3.16. The van der Waals surface area contributed by atoms with Gasteiger partial charge in [-0.15, -0.1) is 23.2 Å². The van der Waals surface area contributed by atoms with Crippen molar-refractivity contribution >= 4 is 151 Å². The molecule has 0 saturated carbocycles. The molecule has 2 unspecified atom stereocenters. The first-order valence-corrected chi connectivity index (χ1v) is 10.7. The van der Waals surface area contributed by atoms with Gasteiger partial charge < -0.3 is 0 Å². The highest BCUT2D eigenvalue weighted by atomic mass is 35.6. The molecule has 143 valence electrons. The highest BCUT2D eigenvalue weighted by Crippen LogP contribution is 2.72. The lowest BCUT2D eigenvalue weighted by atomic mass is 9.83. The first kappa shape index (κ1) is 26.0. The third-order valence-corrected chi connectivity index (χ3v) is 9.93. The topological polar surface area (TPSA) is 0 Å². The van der Waals surface area contributed by atoms with Crippen molar-refractivity contribution in [2.24, 2.45) is 0 Å². The van der Waals surface area contributed by atoms with Crippen molar-refractivity contribution in [3.05, 3.63) is 35.9 Å². The highest BCUT2D eigenvalue weighted by molar-refractivity contribution is 6.81. The fourth-order valence-corrected chi connectivity index (χ4v) is 6.18. The number of hydrogen-bond acceptors (Lipinski definition) is 0. The number of halogens is 13. The molecule has 2 atom stereocenters. The van der Waals surface area contributed by atoms with E-state index < -0.39 is 25.5 Å². The van der Waals surface area contributed by atoms with Crippen molar-refractivity contribution in [3.63, 3.8) is 0 Å². The van der Waals surface area contributed by atoms with Crippen LogP contribution in [0.5, 0.6) is 0 Å². The van der Waals surface area contributed by atoms with Crippen LogP contribution in [0.1, 0.15) is 5.56 Å². The average molecular weight is 609 g/mol. The van der Waals surface area contributed by atoms with E-state index in [0.717, 1.165) is 0 Å². The molecule has 1 aromatic rings. The van der Waals surface area contributed by atoms with E-state index in [4.69, 9.17) is 151 Å². The molecule has 0 aliphatic rings. The first-order chi connectivity index (χ1) is 10.9. The lowest BCUT2D eigenvalue weighted by Crippen LogP contribution is -2.70. The van der Waals surface area contributed by atoms with E-state index >= 15 is 0 Å². The van der Waals surface area contributed by atoms with Gasteiger partial charge in [0.25, 0.3) is 0 Å². The van der Waals surface area contributed by atoms with Crippen LogP contribution in [0.3, 0.4) is 0 Å². The maximum absolute atomic E-state index is 6.68. The van der Waals surface area contributed by atoms with Gasteiger partial charge in [-0.05, 0) is 11.6 Å². The van der Waals surface area contributed by atoms with Crippen molar-refractivity contribution in [1.82, 2.24) is 0 Å². The molecule has 0 heterocycles. The number of rotatable bonds is 3. The highest BCUT2D eigenvalue weighted by Gasteiger charge is 2.80. The van der Waals surface area contributed by atoms with Gasteiger partial charge in [0.05, 0.1) is 0 Å². The van der Waals surface area contributed by atoms with E-state index in [-0.39, 0.29) is 5.56 Å². The summed E-state index contributed by atoms with van der Waals surface area (Å²) in [4.78, 5) is -5.07. The van der Waals surface area contributed by atoms with E-state index in [9.17, 15) is 0 Å². The molecule has 1 aromatic carbocycles. The van der Waals surface area contributed by atoms with Crippen LogP contribution in [0, 0.1) is 6.07 Å². The summed E-state index contributed by atoms with van der Waals surface area (Å²) in [7, 11) is 0. The van der Waals surface area contributed by atoms with E-state index in [1.807, 2.05) is 0 Å². The van der Waals surface area contributed by atoms with Gasteiger partial charge in [-0.1, -0.05) is 152 Å². The predicted octanol–water partition coefficient (Wildman–Crippen LogP) is 9.18. The van der Waals surface area contributed by atoms with E-state index in [1.165, 1.54) is 24.3 Å². The lowest BCUT2D eigenvalue weighted by Gasteiger charge is -2.55. The summed E-state index contributed by atoms with van der Waals surface area (Å²) in [6.45, 7) is 0. The molecule has 0 saturated heterocycles. The molecular weight excluding hydrogens is 605 g/mol. The maximum atomic E-state index is 6.68. The zero-order chi connectivity index (χ0) is 20.1. The van der Waals surface area contributed by atoms with Crippen LogP contribution in [0.2, 0.25) is 0 Å². The molecule has 0 N–H and O–H groups in total. The van der Waals surface area contributed by atoms with Crippen LogP contribution < -0.4 is 0 Å². The van der Waals surface area contributed by atoms with Gasteiger partial charge in [-0.2, -0.15) is 0 Å². The fourth-order valence-electron chi connectivity index (χ4n) is 1.96. The van der Waals surface area contributed by atoms with E-state index in [2.05, 4.69) is 6.07 Å². The number of alkyl halides is 13. The standard InChI is InChI=1S/C12H4Cl13/c13-7(10(17,18)19,6-4-2-1-3-5-6)8(14,11(20,21)22)9(15,16)12(23,24)25/h2-5H. The van der Waals surface area contributed by atoms with Crippen LogP contribution in [0.25, 0.3) is 0 Å². The second kappa shape index (κ2) is 8.26. The number of benzene rings is 1. The molecule has 0 aliphatic heterocycles. The quantitative estimate of drug-likeness (QED) is 0.300. The number of hydrogen-bond donors (Lipinski definition) is 0. The normalized spacial score (nSPS) is 19.2. The second-order valence-corrected chi connectivity index (χ2v) is 14.0. The van der Waals surface area contributed by atoms with Crippen LogP contribution in [-0.4, -0.2) is 20.6 Å². The Labute approximate surface area is 210 Å². The Hall–Kier alpha value is 2.99. The van der Waals surface area contributed by atoms with Crippen molar-refractivity contribution in [3.8, 4) is 0 Å². The minimum atomic E-state index is -2.68. The molecule has 0 aromatic heterocycles. The predicted molar refractivity (Wildman–Crippen MR) is 117 cm³/mol. The van der Waals surface area contributed by atoms with Crippen LogP contribution in [0.15, 0.2) is 24.3 Å². The van der Waals surface area contributed by atoms with Gasteiger partial charge >= 0.3 is 0 Å². The second-order valence-electron chi connectivity index (χ2n) is 4.67. The molecule has 1 radical (unpaired) electrons. The molecular formula is C12H4Cl13. The van der Waals surface area contributed by atoms with Crippen molar-refractivity contribution < 1.29 is 0 Å². The van der Waals surface area contributed by atoms with Gasteiger partial charge in [0.2, 0.25) is 11.4 Å². The monoisotopic (exact) mass is 603 g/mol. The Kier molecular flexibility index (Phi) is 8.60. The summed E-state index contributed by atoms with van der Waals surface area (Å²) >= 11 is 79.9. The molecule has 25 heavy (non-hydrogen) atoms. The summed E-state index contributed by atoms with van der Waals surface area (Å²) in [5.41, 5.74) is 0.0640. The van der Waals surface area contributed by atoms with Gasteiger partial charge in [0.1, 0.15) is 4.87 Å². The van der Waals surface area contributed by atoms with Gasteiger partial charge in [-0.25, -0.2) is 0 Å². The first-order valence-electron chi connectivity index (χ1n) is 5.78. The summed E-state index contributed by atoms with van der Waals surface area (Å²) in [5, 5.41) is 0. The zero-order valence-corrected chi connectivity index (χ0v) is 21.1. The SMILES string of the molecule is ClC(Cl)(Cl)C(Cl)(Cl)C(Cl)(C(Cl)(Cl)Cl)C(Cl)(c1cc[c]cc1)C(Cl)(Cl)Cl. The van der Waals surface area contributed by atoms with Crippen LogP contribution in [-0.2, 0) is 4.87 Å². The summed E-state index contributed by atoms with van der Waals surface area (Å²) in [6.07, 6.45) is 0. The summed E-state index contributed by atoms with van der Waals surface area (Å²) in [5.74, 6) is 0. The van der Waals surface area contributed by atoms with Crippen molar-refractivity contribution in [1.29, 1.82) is 0 Å². The Morgan fingerprint density at radius 3 is 1.24 bits per heavy atom. The zero-order valence-electron chi connectivity index (χ0n) is 11.2. The lowest BCUT2D eigenvalue weighted by molar-refractivity contribution is 0.378. The third kappa shape index (κ3) is 4.39. The Morgan fingerprint density at radius 2 is 0.960 bits per heavy atom. The van der Waals surface area contributed by atoms with Gasteiger partial charge in [-0.3, -0.25) is 0 Å².